The molecule has 0 radical (unpaired) electrons. The number of carboxylic acid groups (broad SMARTS) is 1. The minimum atomic E-state index is -0.780. The third-order valence-electron chi connectivity index (χ3n) is 5.78. The zero-order valence-electron chi connectivity index (χ0n) is 15.9. The lowest BCUT2D eigenvalue weighted by atomic mass is 9.86. The summed E-state index contributed by atoms with van der Waals surface area (Å²) in [5.74, 6) is -0.820. The highest BCUT2D eigenvalue weighted by Crippen LogP contribution is 2.41. The van der Waals surface area contributed by atoms with E-state index in [0.717, 1.165) is 24.2 Å². The molecule has 2 aromatic heterocycles. The molecule has 1 amide bonds. The smallest absolute Gasteiger partial charge is 0.306 e. The molecule has 1 N–H and O–H groups in total. The Hall–Kier alpha value is -2.44. The quantitative estimate of drug-likeness (QED) is 0.885. The average molecular weight is 371 g/mol. The number of fused-ring (bicyclic) bond motifs is 1. The van der Waals surface area contributed by atoms with Gasteiger partial charge in [-0.25, -0.2) is 4.98 Å². The summed E-state index contributed by atoms with van der Waals surface area (Å²) in [5, 5.41) is 14.2. The Morgan fingerprint density at radius 2 is 2.04 bits per heavy atom. The van der Waals surface area contributed by atoms with Crippen molar-refractivity contribution in [1.29, 1.82) is 0 Å². The Morgan fingerprint density at radius 3 is 2.63 bits per heavy atom. The molecule has 144 valence electrons. The molecule has 1 aliphatic heterocycles. The van der Waals surface area contributed by atoms with Crippen molar-refractivity contribution in [3.05, 3.63) is 23.0 Å². The predicted molar refractivity (Wildman–Crippen MR) is 98.7 cm³/mol. The van der Waals surface area contributed by atoms with Crippen LogP contribution in [0.5, 0.6) is 0 Å². The average Bonchev–Trinajstić information content (AvgIpc) is 3.38. The van der Waals surface area contributed by atoms with Crippen molar-refractivity contribution in [2.75, 3.05) is 13.1 Å². The molecule has 0 aromatic carbocycles. The van der Waals surface area contributed by atoms with Gasteiger partial charge in [-0.3, -0.25) is 9.59 Å². The summed E-state index contributed by atoms with van der Waals surface area (Å²) < 4.78 is 5.47. The summed E-state index contributed by atoms with van der Waals surface area (Å²) >= 11 is 0. The molecule has 1 saturated carbocycles. The number of aromatic nitrogens is 2. The number of hydrogen-bond acceptors (Lipinski definition) is 5. The fourth-order valence-corrected chi connectivity index (χ4v) is 4.01. The molecule has 7 heteroatoms. The van der Waals surface area contributed by atoms with Crippen LogP contribution in [0.1, 0.15) is 73.6 Å². The standard InChI is InChI=1S/C20H25N3O4/c1-10(2)17-16-14(8-15(12-4-5-12)21-18(16)27-22-17)19(24)23-7-6-13(20(25)26)11(3)9-23/h8,10-13H,4-7,9H2,1-3H3,(H,25,26). The third-order valence-corrected chi connectivity index (χ3v) is 5.78. The monoisotopic (exact) mass is 371 g/mol. The van der Waals surface area contributed by atoms with Gasteiger partial charge in [-0.1, -0.05) is 25.9 Å². The normalized spacial score (nSPS) is 23.2. The molecule has 1 saturated heterocycles. The van der Waals surface area contributed by atoms with Crippen molar-refractivity contribution in [2.24, 2.45) is 11.8 Å². The lowest BCUT2D eigenvalue weighted by Gasteiger charge is -2.35. The van der Waals surface area contributed by atoms with Gasteiger partial charge >= 0.3 is 5.97 Å². The summed E-state index contributed by atoms with van der Waals surface area (Å²) in [7, 11) is 0. The van der Waals surface area contributed by atoms with Crippen molar-refractivity contribution in [3.8, 4) is 0 Å². The molecule has 4 rings (SSSR count). The zero-order valence-corrected chi connectivity index (χ0v) is 15.9. The van der Waals surface area contributed by atoms with E-state index in [4.69, 9.17) is 4.52 Å². The molecule has 2 atom stereocenters. The van der Waals surface area contributed by atoms with Crippen LogP contribution in [0.2, 0.25) is 0 Å². The van der Waals surface area contributed by atoms with Gasteiger partial charge in [0.15, 0.2) is 0 Å². The summed E-state index contributed by atoms with van der Waals surface area (Å²) in [6, 6.07) is 1.90. The molecule has 2 aliphatic rings. The number of carboxylic acids is 1. The number of amides is 1. The molecule has 0 spiro atoms. The molecular weight excluding hydrogens is 346 g/mol. The summed E-state index contributed by atoms with van der Waals surface area (Å²) in [6.07, 6.45) is 2.64. The minimum absolute atomic E-state index is 0.0764. The first-order chi connectivity index (χ1) is 12.9. The fraction of sp³-hybridized carbons (Fsp3) is 0.600. The SMILES string of the molecule is CC(C)c1noc2nc(C3CC3)cc(C(=O)N3CCC(C(=O)O)C(C)C3)c12. The number of piperidine rings is 1. The number of nitrogens with zero attached hydrogens (tertiary/aromatic N) is 3. The highest BCUT2D eigenvalue weighted by molar-refractivity contribution is 6.06. The van der Waals surface area contributed by atoms with Crippen LogP contribution in [0.3, 0.4) is 0 Å². The van der Waals surface area contributed by atoms with Gasteiger partial charge in [0.25, 0.3) is 11.6 Å². The van der Waals surface area contributed by atoms with Crippen LogP contribution in [0.4, 0.5) is 0 Å². The van der Waals surface area contributed by atoms with E-state index in [0.29, 0.717) is 42.1 Å². The second-order valence-corrected chi connectivity index (χ2v) is 8.23. The van der Waals surface area contributed by atoms with Gasteiger partial charge in [-0.15, -0.1) is 0 Å². The van der Waals surface area contributed by atoms with E-state index in [9.17, 15) is 14.7 Å². The molecule has 7 nitrogen and oxygen atoms in total. The van der Waals surface area contributed by atoms with Gasteiger partial charge in [0, 0.05) is 24.7 Å². The largest absolute Gasteiger partial charge is 0.481 e. The maximum Gasteiger partial charge on any atom is 0.306 e. The molecular formula is C20H25N3O4. The Bertz CT molecular complexity index is 900. The second kappa shape index (κ2) is 6.62. The molecule has 2 fully saturated rings. The van der Waals surface area contributed by atoms with Crippen molar-refractivity contribution in [3.63, 3.8) is 0 Å². The Kier molecular flexibility index (Phi) is 4.40. The first-order valence-corrected chi connectivity index (χ1v) is 9.69. The van der Waals surface area contributed by atoms with Crippen LogP contribution < -0.4 is 0 Å². The highest BCUT2D eigenvalue weighted by atomic mass is 16.5. The van der Waals surface area contributed by atoms with E-state index in [1.165, 1.54) is 0 Å². The lowest BCUT2D eigenvalue weighted by molar-refractivity contribution is -0.145. The van der Waals surface area contributed by atoms with Gasteiger partial charge < -0.3 is 14.5 Å². The summed E-state index contributed by atoms with van der Waals surface area (Å²) in [4.78, 5) is 31.1. The molecule has 3 heterocycles. The molecule has 27 heavy (non-hydrogen) atoms. The van der Waals surface area contributed by atoms with Crippen LogP contribution in [-0.4, -0.2) is 45.1 Å². The van der Waals surface area contributed by atoms with E-state index >= 15 is 0 Å². The highest BCUT2D eigenvalue weighted by Gasteiger charge is 2.35. The fourth-order valence-electron chi connectivity index (χ4n) is 4.01. The minimum Gasteiger partial charge on any atom is -0.481 e. The second-order valence-electron chi connectivity index (χ2n) is 8.23. The Labute approximate surface area is 157 Å². The third kappa shape index (κ3) is 3.19. The zero-order chi connectivity index (χ0) is 19.3. The summed E-state index contributed by atoms with van der Waals surface area (Å²) in [5.41, 5.74) is 2.66. The van der Waals surface area contributed by atoms with Crippen molar-refractivity contribution in [2.45, 2.75) is 51.9 Å². The lowest BCUT2D eigenvalue weighted by Crippen LogP contribution is -2.45. The van der Waals surface area contributed by atoms with Gasteiger partial charge in [0.2, 0.25) is 0 Å². The molecule has 1 aliphatic carbocycles. The molecule has 2 aromatic rings. The number of hydrogen-bond donors (Lipinski definition) is 1. The Morgan fingerprint density at radius 1 is 1.30 bits per heavy atom. The number of likely N-dealkylation sites (tertiary alicyclic amines) is 1. The predicted octanol–water partition coefficient (Wildman–Crippen LogP) is 3.41. The number of carbonyl (C=O) groups excluding carboxylic acids is 1. The number of aliphatic carboxylic acids is 1. The first-order valence-electron chi connectivity index (χ1n) is 9.69. The maximum absolute atomic E-state index is 13.4. The topological polar surface area (TPSA) is 96.5 Å². The van der Waals surface area contributed by atoms with Crippen molar-refractivity contribution < 1.29 is 19.2 Å². The Balaban J connectivity index is 1.72. The molecule has 2 unspecified atom stereocenters. The van der Waals surface area contributed by atoms with Crippen LogP contribution in [0.15, 0.2) is 10.6 Å². The number of rotatable bonds is 4. The van der Waals surface area contributed by atoms with Crippen molar-refractivity contribution in [1.82, 2.24) is 15.0 Å². The van der Waals surface area contributed by atoms with Crippen LogP contribution in [0, 0.1) is 11.8 Å². The van der Waals surface area contributed by atoms with Gasteiger partial charge in [0.1, 0.15) is 0 Å². The van der Waals surface area contributed by atoms with Gasteiger partial charge in [0.05, 0.1) is 22.6 Å². The van der Waals surface area contributed by atoms with E-state index in [1.54, 1.807) is 4.90 Å². The van der Waals surface area contributed by atoms with Crippen molar-refractivity contribution >= 4 is 23.0 Å². The van der Waals surface area contributed by atoms with Crippen LogP contribution >= 0.6 is 0 Å². The number of pyridine rings is 1. The van der Waals surface area contributed by atoms with Gasteiger partial charge in [-0.2, -0.15) is 0 Å². The number of carbonyl (C=O) groups is 2. The van der Waals surface area contributed by atoms with Crippen LogP contribution in [0.25, 0.3) is 11.1 Å². The maximum atomic E-state index is 13.4. The van der Waals surface area contributed by atoms with E-state index in [2.05, 4.69) is 10.1 Å². The molecule has 0 bridgehead atoms. The van der Waals surface area contributed by atoms with Gasteiger partial charge in [-0.05, 0) is 37.2 Å². The summed E-state index contributed by atoms with van der Waals surface area (Å²) in [6.45, 7) is 6.82. The van der Waals surface area contributed by atoms with E-state index in [-0.39, 0.29) is 17.7 Å². The van der Waals surface area contributed by atoms with Crippen LogP contribution in [-0.2, 0) is 4.79 Å². The van der Waals surface area contributed by atoms with E-state index in [1.807, 2.05) is 26.8 Å². The van der Waals surface area contributed by atoms with E-state index < -0.39 is 11.9 Å². The first kappa shape index (κ1) is 17.9.